The number of rotatable bonds is 5. The molecule has 3 rings (SSSR count). The first-order chi connectivity index (χ1) is 11.6. The van der Waals surface area contributed by atoms with Gasteiger partial charge in [-0.15, -0.1) is 0 Å². The van der Waals surface area contributed by atoms with Gasteiger partial charge in [-0.3, -0.25) is 4.79 Å². The molecule has 1 aromatic heterocycles. The maximum absolute atomic E-state index is 13.2. The van der Waals surface area contributed by atoms with Gasteiger partial charge >= 0.3 is 0 Å². The number of hydrogen-bond donors (Lipinski definition) is 0. The number of halogens is 1. The molecule has 4 heteroatoms. The van der Waals surface area contributed by atoms with Crippen LogP contribution in [0.25, 0.3) is 11.0 Å². The van der Waals surface area contributed by atoms with Crippen molar-refractivity contribution in [2.45, 2.75) is 26.3 Å². The second-order valence-corrected chi connectivity index (χ2v) is 6.00. The molecule has 0 saturated heterocycles. The van der Waals surface area contributed by atoms with Crippen molar-refractivity contribution in [3.05, 3.63) is 71.2 Å². The summed E-state index contributed by atoms with van der Waals surface area (Å²) < 4.78 is 18.8. The number of fused-ring (bicyclic) bond motifs is 1. The highest BCUT2D eigenvalue weighted by Gasteiger charge is 2.14. The Kier molecular flexibility index (Phi) is 4.65. The lowest BCUT2D eigenvalue weighted by Gasteiger charge is -2.17. The van der Waals surface area contributed by atoms with Crippen LogP contribution in [0.4, 0.5) is 4.39 Å². The van der Waals surface area contributed by atoms with E-state index in [2.05, 4.69) is 13.0 Å². The number of amides is 1. The summed E-state index contributed by atoms with van der Waals surface area (Å²) in [7, 11) is 1.73. The van der Waals surface area contributed by atoms with Crippen LogP contribution in [0.15, 0.2) is 53.1 Å². The summed E-state index contributed by atoms with van der Waals surface area (Å²) >= 11 is 0. The minimum absolute atomic E-state index is 0.0264. The first-order valence-electron chi connectivity index (χ1n) is 8.04. The van der Waals surface area contributed by atoms with Crippen molar-refractivity contribution in [2.24, 2.45) is 0 Å². The fourth-order valence-electron chi connectivity index (χ4n) is 2.78. The fraction of sp³-hybridized carbons (Fsp3) is 0.250. The number of carbonyl (C=O) groups excluding carboxylic acids is 1. The molecule has 0 fully saturated rings. The van der Waals surface area contributed by atoms with E-state index in [0.717, 1.165) is 28.5 Å². The Labute approximate surface area is 140 Å². The van der Waals surface area contributed by atoms with E-state index in [9.17, 15) is 9.18 Å². The van der Waals surface area contributed by atoms with Gasteiger partial charge in [-0.25, -0.2) is 4.39 Å². The number of furan rings is 1. The predicted octanol–water partition coefficient (Wildman–Crippen LogP) is 4.34. The minimum Gasteiger partial charge on any atom is -0.464 e. The number of aryl methyl sites for hydroxylation is 1. The molecule has 1 heterocycles. The minimum atomic E-state index is -0.291. The third kappa shape index (κ3) is 3.48. The first-order valence-corrected chi connectivity index (χ1v) is 8.04. The number of likely N-dealkylation sites (N-methyl/N-ethyl adjacent to an activating group) is 1. The van der Waals surface area contributed by atoms with Crippen molar-refractivity contribution in [1.29, 1.82) is 0 Å². The molecule has 2 aromatic carbocycles. The smallest absolute Gasteiger partial charge is 0.227 e. The van der Waals surface area contributed by atoms with Crippen molar-refractivity contribution in [1.82, 2.24) is 4.90 Å². The molecule has 0 aliphatic heterocycles. The third-order valence-corrected chi connectivity index (χ3v) is 4.20. The van der Waals surface area contributed by atoms with Gasteiger partial charge in [-0.1, -0.05) is 31.2 Å². The van der Waals surface area contributed by atoms with E-state index in [4.69, 9.17) is 4.42 Å². The molecular weight excluding hydrogens is 305 g/mol. The molecule has 3 aromatic rings. The van der Waals surface area contributed by atoms with E-state index in [1.54, 1.807) is 24.3 Å². The first kappa shape index (κ1) is 16.2. The zero-order valence-corrected chi connectivity index (χ0v) is 13.9. The average Bonchev–Trinajstić information content (AvgIpc) is 2.96. The van der Waals surface area contributed by atoms with Crippen molar-refractivity contribution in [3.63, 3.8) is 0 Å². The van der Waals surface area contributed by atoms with Crippen LogP contribution in [0.5, 0.6) is 0 Å². The standard InChI is InChI=1S/C20H20FNO2/c1-3-14-7-8-18-16(13-24-19(18)10-14)11-20(23)22(2)12-15-5-4-6-17(21)9-15/h4-10,13H,3,11-12H2,1-2H3. The van der Waals surface area contributed by atoms with Gasteiger partial charge in [0, 0.05) is 24.5 Å². The maximum Gasteiger partial charge on any atom is 0.227 e. The van der Waals surface area contributed by atoms with Gasteiger partial charge in [-0.2, -0.15) is 0 Å². The van der Waals surface area contributed by atoms with E-state index >= 15 is 0 Å². The Morgan fingerprint density at radius 2 is 2.00 bits per heavy atom. The quantitative estimate of drug-likeness (QED) is 0.699. The molecule has 124 valence electrons. The molecule has 0 atom stereocenters. The Morgan fingerprint density at radius 3 is 2.75 bits per heavy atom. The van der Waals surface area contributed by atoms with Crippen LogP contribution in [-0.4, -0.2) is 17.9 Å². The lowest BCUT2D eigenvalue weighted by atomic mass is 10.1. The van der Waals surface area contributed by atoms with Gasteiger partial charge in [0.2, 0.25) is 5.91 Å². The highest BCUT2D eigenvalue weighted by Crippen LogP contribution is 2.23. The van der Waals surface area contributed by atoms with E-state index in [-0.39, 0.29) is 18.1 Å². The normalized spacial score (nSPS) is 11.0. The van der Waals surface area contributed by atoms with Crippen molar-refractivity contribution < 1.29 is 13.6 Å². The van der Waals surface area contributed by atoms with Crippen LogP contribution in [-0.2, 0) is 24.2 Å². The van der Waals surface area contributed by atoms with Crippen molar-refractivity contribution in [2.75, 3.05) is 7.05 Å². The molecule has 0 radical (unpaired) electrons. The zero-order chi connectivity index (χ0) is 17.1. The Bertz CT molecular complexity index is 869. The number of benzene rings is 2. The lowest BCUT2D eigenvalue weighted by molar-refractivity contribution is -0.129. The molecule has 0 aliphatic carbocycles. The highest BCUT2D eigenvalue weighted by molar-refractivity contribution is 5.87. The van der Waals surface area contributed by atoms with Gasteiger partial charge in [-0.05, 0) is 35.7 Å². The van der Waals surface area contributed by atoms with Crippen LogP contribution >= 0.6 is 0 Å². The summed E-state index contributed by atoms with van der Waals surface area (Å²) in [6.07, 6.45) is 2.86. The van der Waals surface area contributed by atoms with Crippen LogP contribution < -0.4 is 0 Å². The molecular formula is C20H20FNO2. The predicted molar refractivity (Wildman–Crippen MR) is 92.2 cm³/mol. The summed E-state index contributed by atoms with van der Waals surface area (Å²) in [5, 5.41) is 0.972. The third-order valence-electron chi connectivity index (χ3n) is 4.20. The summed E-state index contributed by atoms with van der Waals surface area (Å²) in [6.45, 7) is 2.47. The Balaban J connectivity index is 1.72. The molecule has 3 nitrogen and oxygen atoms in total. The molecule has 0 N–H and O–H groups in total. The number of nitrogens with zero attached hydrogens (tertiary/aromatic N) is 1. The topological polar surface area (TPSA) is 33.5 Å². The fourth-order valence-corrected chi connectivity index (χ4v) is 2.78. The Hall–Kier alpha value is -2.62. The maximum atomic E-state index is 13.2. The SMILES string of the molecule is CCc1ccc2c(CC(=O)N(C)Cc3cccc(F)c3)coc2c1. The molecule has 0 bridgehead atoms. The summed E-state index contributed by atoms with van der Waals surface area (Å²) in [5.41, 5.74) is 3.67. The van der Waals surface area contributed by atoms with Gasteiger partial charge < -0.3 is 9.32 Å². The molecule has 1 amide bonds. The highest BCUT2D eigenvalue weighted by atomic mass is 19.1. The largest absolute Gasteiger partial charge is 0.464 e. The van der Waals surface area contributed by atoms with Crippen LogP contribution in [0.3, 0.4) is 0 Å². The second kappa shape index (κ2) is 6.87. The van der Waals surface area contributed by atoms with Crippen LogP contribution in [0, 0.1) is 5.82 Å². The molecule has 24 heavy (non-hydrogen) atoms. The summed E-state index contributed by atoms with van der Waals surface area (Å²) in [5.74, 6) is -0.317. The Morgan fingerprint density at radius 1 is 1.17 bits per heavy atom. The second-order valence-electron chi connectivity index (χ2n) is 6.00. The number of carbonyl (C=O) groups is 1. The van der Waals surface area contributed by atoms with Gasteiger partial charge in [0.1, 0.15) is 11.4 Å². The monoisotopic (exact) mass is 325 g/mol. The summed E-state index contributed by atoms with van der Waals surface area (Å²) in [6, 6.07) is 12.4. The van der Waals surface area contributed by atoms with E-state index < -0.39 is 0 Å². The van der Waals surface area contributed by atoms with E-state index in [1.165, 1.54) is 17.7 Å². The van der Waals surface area contributed by atoms with Gasteiger partial charge in [0.15, 0.2) is 0 Å². The average molecular weight is 325 g/mol. The van der Waals surface area contributed by atoms with Crippen LogP contribution in [0.2, 0.25) is 0 Å². The zero-order valence-electron chi connectivity index (χ0n) is 13.9. The number of hydrogen-bond acceptors (Lipinski definition) is 2. The van der Waals surface area contributed by atoms with Crippen LogP contribution in [0.1, 0.15) is 23.6 Å². The molecule has 0 aliphatic rings. The van der Waals surface area contributed by atoms with Crippen molar-refractivity contribution in [3.8, 4) is 0 Å². The van der Waals surface area contributed by atoms with Gasteiger partial charge in [0.25, 0.3) is 0 Å². The molecule has 0 saturated carbocycles. The van der Waals surface area contributed by atoms with Crippen molar-refractivity contribution >= 4 is 16.9 Å². The molecule has 0 unspecified atom stereocenters. The summed E-state index contributed by atoms with van der Waals surface area (Å²) in [4.78, 5) is 14.1. The van der Waals surface area contributed by atoms with E-state index in [1.807, 2.05) is 18.2 Å². The van der Waals surface area contributed by atoms with E-state index in [0.29, 0.717) is 6.54 Å². The molecule has 0 spiro atoms. The lowest BCUT2D eigenvalue weighted by Crippen LogP contribution is -2.27. The van der Waals surface area contributed by atoms with Gasteiger partial charge in [0.05, 0.1) is 12.7 Å².